The van der Waals surface area contributed by atoms with E-state index in [0.717, 1.165) is 24.7 Å². The Morgan fingerprint density at radius 2 is 1.67 bits per heavy atom. The zero-order chi connectivity index (χ0) is 17.1. The molecular weight excluding hydrogens is 419 g/mol. The highest BCUT2D eigenvalue weighted by Crippen LogP contribution is 2.11. The molecule has 1 aromatic rings. The molecule has 0 fully saturated rings. The summed E-state index contributed by atoms with van der Waals surface area (Å²) in [6.45, 7) is 5.76. The highest BCUT2D eigenvalue weighted by atomic mass is 127. The van der Waals surface area contributed by atoms with E-state index in [1.165, 1.54) is 5.56 Å². The van der Waals surface area contributed by atoms with Crippen LogP contribution in [0.3, 0.4) is 0 Å². The SMILES string of the molecule is CN=C(NCCNC(=O)C(C)C)NCCc1ccc(OC)cc1.I. The Labute approximate surface area is 161 Å². The van der Waals surface area contributed by atoms with Crippen molar-refractivity contribution in [2.75, 3.05) is 33.8 Å². The summed E-state index contributed by atoms with van der Waals surface area (Å²) >= 11 is 0. The number of halogens is 1. The van der Waals surface area contributed by atoms with Crippen molar-refractivity contribution in [3.05, 3.63) is 29.8 Å². The number of guanidine groups is 1. The number of rotatable bonds is 8. The summed E-state index contributed by atoms with van der Waals surface area (Å²) in [4.78, 5) is 15.6. The van der Waals surface area contributed by atoms with E-state index >= 15 is 0 Å². The number of hydrogen-bond donors (Lipinski definition) is 3. The molecule has 0 radical (unpaired) electrons. The van der Waals surface area contributed by atoms with Gasteiger partial charge in [0.15, 0.2) is 5.96 Å². The van der Waals surface area contributed by atoms with Crippen LogP contribution in [0.25, 0.3) is 0 Å². The molecule has 1 amide bonds. The Hall–Kier alpha value is -1.51. The molecule has 136 valence electrons. The van der Waals surface area contributed by atoms with E-state index in [1.807, 2.05) is 26.0 Å². The van der Waals surface area contributed by atoms with Crippen LogP contribution in [0.5, 0.6) is 5.75 Å². The average molecular weight is 448 g/mol. The van der Waals surface area contributed by atoms with E-state index in [1.54, 1.807) is 14.2 Å². The smallest absolute Gasteiger partial charge is 0.222 e. The van der Waals surface area contributed by atoms with Crippen molar-refractivity contribution in [1.82, 2.24) is 16.0 Å². The fourth-order valence-electron chi connectivity index (χ4n) is 1.91. The van der Waals surface area contributed by atoms with Crippen LogP contribution in [0.4, 0.5) is 0 Å². The van der Waals surface area contributed by atoms with Crippen LogP contribution in [0.1, 0.15) is 19.4 Å². The summed E-state index contributed by atoms with van der Waals surface area (Å²) in [6.07, 6.45) is 0.898. The summed E-state index contributed by atoms with van der Waals surface area (Å²) in [6, 6.07) is 8.02. The molecule has 0 aliphatic carbocycles. The summed E-state index contributed by atoms with van der Waals surface area (Å²) < 4.78 is 5.14. The van der Waals surface area contributed by atoms with E-state index in [9.17, 15) is 4.79 Å². The lowest BCUT2D eigenvalue weighted by molar-refractivity contribution is -0.123. The number of nitrogens with one attached hydrogen (secondary N) is 3. The molecule has 0 saturated heterocycles. The number of benzene rings is 1. The van der Waals surface area contributed by atoms with Crippen molar-refractivity contribution < 1.29 is 9.53 Å². The van der Waals surface area contributed by atoms with Gasteiger partial charge in [-0.15, -0.1) is 24.0 Å². The summed E-state index contributed by atoms with van der Waals surface area (Å²) in [5, 5.41) is 9.28. The number of methoxy groups -OCH3 is 1. The molecule has 0 saturated carbocycles. The Balaban J connectivity index is 0.00000529. The quantitative estimate of drug-likeness (QED) is 0.246. The van der Waals surface area contributed by atoms with Gasteiger partial charge in [-0.1, -0.05) is 26.0 Å². The van der Waals surface area contributed by atoms with Gasteiger partial charge < -0.3 is 20.7 Å². The highest BCUT2D eigenvalue weighted by molar-refractivity contribution is 14.0. The van der Waals surface area contributed by atoms with Gasteiger partial charge in [0.05, 0.1) is 7.11 Å². The normalized spacial score (nSPS) is 10.8. The molecule has 0 heterocycles. The minimum Gasteiger partial charge on any atom is -0.497 e. The minimum atomic E-state index is 0. The summed E-state index contributed by atoms with van der Waals surface area (Å²) in [5.41, 5.74) is 1.23. The zero-order valence-electron chi connectivity index (χ0n) is 14.9. The molecule has 7 heteroatoms. The van der Waals surface area contributed by atoms with Crippen molar-refractivity contribution >= 4 is 35.8 Å². The molecule has 0 bridgehead atoms. The standard InChI is InChI=1S/C17H28N4O2.HI/c1-13(2)16(22)19-11-12-21-17(18-3)20-10-9-14-5-7-15(23-4)8-6-14;/h5-8,13H,9-12H2,1-4H3,(H,19,22)(H2,18,20,21);1H. The topological polar surface area (TPSA) is 74.8 Å². The third-order valence-electron chi connectivity index (χ3n) is 3.33. The van der Waals surface area contributed by atoms with E-state index in [0.29, 0.717) is 13.1 Å². The van der Waals surface area contributed by atoms with Crippen LogP contribution >= 0.6 is 24.0 Å². The Morgan fingerprint density at radius 1 is 1.08 bits per heavy atom. The molecule has 0 aromatic heterocycles. The van der Waals surface area contributed by atoms with Crippen molar-refractivity contribution in [1.29, 1.82) is 0 Å². The first kappa shape index (κ1) is 22.5. The summed E-state index contributed by atoms with van der Waals surface area (Å²) in [7, 11) is 3.39. The van der Waals surface area contributed by atoms with Crippen LogP contribution in [0.2, 0.25) is 0 Å². The highest BCUT2D eigenvalue weighted by Gasteiger charge is 2.05. The Kier molecular flexibility index (Phi) is 12.0. The average Bonchev–Trinajstić information content (AvgIpc) is 2.57. The van der Waals surface area contributed by atoms with Crippen LogP contribution in [-0.2, 0) is 11.2 Å². The monoisotopic (exact) mass is 448 g/mol. The minimum absolute atomic E-state index is 0. The fraction of sp³-hybridized carbons (Fsp3) is 0.529. The molecular formula is C17H29IN4O2. The maximum Gasteiger partial charge on any atom is 0.222 e. The molecule has 0 aliphatic rings. The molecule has 0 spiro atoms. The predicted molar refractivity (Wildman–Crippen MR) is 109 cm³/mol. The Morgan fingerprint density at radius 3 is 2.21 bits per heavy atom. The van der Waals surface area contributed by atoms with E-state index in [4.69, 9.17) is 4.74 Å². The van der Waals surface area contributed by atoms with E-state index in [2.05, 4.69) is 33.1 Å². The van der Waals surface area contributed by atoms with E-state index in [-0.39, 0.29) is 35.8 Å². The predicted octanol–water partition coefficient (Wildman–Crippen LogP) is 1.79. The number of ether oxygens (including phenoxy) is 1. The first-order valence-electron chi connectivity index (χ1n) is 7.92. The van der Waals surface area contributed by atoms with Gasteiger partial charge in [0.1, 0.15) is 5.75 Å². The molecule has 3 N–H and O–H groups in total. The lowest BCUT2D eigenvalue weighted by Crippen LogP contribution is -2.42. The van der Waals surface area contributed by atoms with Gasteiger partial charge in [-0.3, -0.25) is 9.79 Å². The lowest BCUT2D eigenvalue weighted by atomic mass is 10.1. The van der Waals surface area contributed by atoms with Crippen molar-refractivity contribution in [2.45, 2.75) is 20.3 Å². The van der Waals surface area contributed by atoms with Gasteiger partial charge in [-0.05, 0) is 24.1 Å². The number of carbonyl (C=O) groups is 1. The van der Waals surface area contributed by atoms with Crippen LogP contribution in [0, 0.1) is 5.92 Å². The van der Waals surface area contributed by atoms with Gasteiger partial charge in [-0.2, -0.15) is 0 Å². The lowest BCUT2D eigenvalue weighted by Gasteiger charge is -2.13. The zero-order valence-corrected chi connectivity index (χ0v) is 17.2. The van der Waals surface area contributed by atoms with Crippen molar-refractivity contribution in [3.63, 3.8) is 0 Å². The maximum atomic E-state index is 11.4. The van der Waals surface area contributed by atoms with Crippen LogP contribution in [-0.4, -0.2) is 45.7 Å². The largest absolute Gasteiger partial charge is 0.497 e. The molecule has 6 nitrogen and oxygen atoms in total. The number of hydrogen-bond acceptors (Lipinski definition) is 3. The molecule has 1 rings (SSSR count). The van der Waals surface area contributed by atoms with Gasteiger partial charge >= 0.3 is 0 Å². The fourth-order valence-corrected chi connectivity index (χ4v) is 1.91. The number of carbonyl (C=O) groups excluding carboxylic acids is 1. The van der Waals surface area contributed by atoms with Gasteiger partial charge in [0.25, 0.3) is 0 Å². The summed E-state index contributed by atoms with van der Waals surface area (Å²) in [5.74, 6) is 1.67. The molecule has 1 aromatic carbocycles. The number of nitrogens with zero attached hydrogens (tertiary/aromatic N) is 1. The molecule has 0 unspecified atom stereocenters. The van der Waals surface area contributed by atoms with Crippen LogP contribution < -0.4 is 20.7 Å². The van der Waals surface area contributed by atoms with E-state index < -0.39 is 0 Å². The second-order valence-electron chi connectivity index (χ2n) is 5.47. The Bertz CT molecular complexity index is 504. The first-order chi connectivity index (χ1) is 11.1. The van der Waals surface area contributed by atoms with Gasteiger partial charge in [-0.25, -0.2) is 0 Å². The molecule has 0 atom stereocenters. The number of aliphatic imine (C=N–C) groups is 1. The maximum absolute atomic E-state index is 11.4. The first-order valence-corrected chi connectivity index (χ1v) is 7.92. The van der Waals surface area contributed by atoms with Crippen molar-refractivity contribution in [3.8, 4) is 5.75 Å². The second kappa shape index (κ2) is 12.9. The third kappa shape index (κ3) is 8.95. The molecule has 24 heavy (non-hydrogen) atoms. The van der Waals surface area contributed by atoms with Crippen molar-refractivity contribution in [2.24, 2.45) is 10.9 Å². The third-order valence-corrected chi connectivity index (χ3v) is 3.33. The van der Waals surface area contributed by atoms with Gasteiger partial charge in [0, 0.05) is 32.6 Å². The second-order valence-corrected chi connectivity index (χ2v) is 5.47. The van der Waals surface area contributed by atoms with Gasteiger partial charge in [0.2, 0.25) is 5.91 Å². The van der Waals surface area contributed by atoms with Crippen LogP contribution in [0.15, 0.2) is 29.3 Å². The molecule has 0 aliphatic heterocycles. The number of amides is 1.